The molecule has 0 unspecified atom stereocenters. The van der Waals surface area contributed by atoms with Gasteiger partial charge in [0.15, 0.2) is 0 Å². The molecule has 0 spiro atoms. The number of amides is 2. The Bertz CT molecular complexity index is 457. The van der Waals surface area contributed by atoms with Crippen molar-refractivity contribution in [2.45, 2.75) is 44.9 Å². The molecule has 0 heterocycles. The van der Waals surface area contributed by atoms with Crippen LogP contribution in [0.3, 0.4) is 0 Å². The first-order valence-electron chi connectivity index (χ1n) is 8.04. The van der Waals surface area contributed by atoms with Crippen molar-refractivity contribution in [1.29, 1.82) is 0 Å². The molecule has 1 aromatic rings. The van der Waals surface area contributed by atoms with Crippen molar-refractivity contribution in [1.82, 2.24) is 4.90 Å². The third-order valence-corrected chi connectivity index (χ3v) is 3.80. The molecule has 0 N–H and O–H groups in total. The number of para-hydroxylation sites is 1. The van der Waals surface area contributed by atoms with Gasteiger partial charge >= 0.3 is 0 Å². The average Bonchev–Trinajstić information content (AvgIpc) is 2.53. The average molecular weight is 304 g/mol. The fraction of sp³-hybridized carbons (Fsp3) is 0.556. The van der Waals surface area contributed by atoms with Gasteiger partial charge in [-0.1, -0.05) is 37.5 Å². The number of nitrogens with zero attached hydrogens (tertiary/aromatic N) is 2. The second-order valence-corrected chi connectivity index (χ2v) is 5.84. The maximum Gasteiger partial charge on any atom is 0.226 e. The molecular formula is C18H28N2O2. The van der Waals surface area contributed by atoms with Crippen LogP contribution in [0.1, 0.15) is 44.9 Å². The smallest absolute Gasteiger partial charge is 0.226 e. The lowest BCUT2D eigenvalue weighted by Gasteiger charge is -2.17. The van der Waals surface area contributed by atoms with Crippen LogP contribution >= 0.6 is 0 Å². The summed E-state index contributed by atoms with van der Waals surface area (Å²) < 4.78 is 0. The van der Waals surface area contributed by atoms with Crippen LogP contribution in [-0.4, -0.2) is 37.9 Å². The van der Waals surface area contributed by atoms with Crippen molar-refractivity contribution in [2.75, 3.05) is 26.0 Å². The van der Waals surface area contributed by atoms with E-state index in [1.807, 2.05) is 37.4 Å². The number of hydrogen-bond donors (Lipinski definition) is 0. The summed E-state index contributed by atoms with van der Waals surface area (Å²) in [7, 11) is 5.40. The normalized spacial score (nSPS) is 10.3. The van der Waals surface area contributed by atoms with E-state index in [0.29, 0.717) is 12.8 Å². The Labute approximate surface area is 134 Å². The number of unbranched alkanes of at least 4 members (excludes halogenated alkanes) is 4. The number of benzene rings is 1. The Balaban J connectivity index is 2.09. The third kappa shape index (κ3) is 6.74. The van der Waals surface area contributed by atoms with Crippen molar-refractivity contribution < 1.29 is 9.59 Å². The van der Waals surface area contributed by atoms with Gasteiger partial charge in [0.25, 0.3) is 0 Å². The quantitative estimate of drug-likeness (QED) is 0.655. The minimum atomic E-state index is 0.161. The van der Waals surface area contributed by atoms with E-state index in [9.17, 15) is 9.59 Å². The van der Waals surface area contributed by atoms with Gasteiger partial charge in [-0.2, -0.15) is 0 Å². The Morgan fingerprint density at radius 1 is 0.773 bits per heavy atom. The van der Waals surface area contributed by atoms with Crippen LogP contribution in [0.5, 0.6) is 0 Å². The molecule has 0 aromatic heterocycles. The van der Waals surface area contributed by atoms with Gasteiger partial charge in [-0.05, 0) is 25.0 Å². The van der Waals surface area contributed by atoms with Gasteiger partial charge in [-0.15, -0.1) is 0 Å². The van der Waals surface area contributed by atoms with Gasteiger partial charge in [0.1, 0.15) is 0 Å². The molecule has 2 amide bonds. The first kappa shape index (κ1) is 18.2. The Hall–Kier alpha value is -1.84. The second-order valence-electron chi connectivity index (χ2n) is 5.84. The van der Waals surface area contributed by atoms with Crippen molar-refractivity contribution in [3.05, 3.63) is 30.3 Å². The van der Waals surface area contributed by atoms with Crippen LogP contribution in [-0.2, 0) is 9.59 Å². The first-order valence-corrected chi connectivity index (χ1v) is 8.04. The van der Waals surface area contributed by atoms with E-state index in [1.54, 1.807) is 23.9 Å². The largest absolute Gasteiger partial charge is 0.349 e. The molecule has 0 aliphatic heterocycles. The zero-order valence-electron chi connectivity index (χ0n) is 14.0. The minimum Gasteiger partial charge on any atom is -0.349 e. The highest BCUT2D eigenvalue weighted by atomic mass is 16.2. The van der Waals surface area contributed by atoms with E-state index in [-0.39, 0.29) is 11.8 Å². The topological polar surface area (TPSA) is 40.6 Å². The molecule has 0 saturated carbocycles. The monoisotopic (exact) mass is 304 g/mol. The number of anilines is 1. The van der Waals surface area contributed by atoms with Gasteiger partial charge in [-0.25, -0.2) is 0 Å². The molecule has 0 aliphatic rings. The fourth-order valence-corrected chi connectivity index (χ4v) is 2.27. The molecule has 122 valence electrons. The number of rotatable bonds is 9. The van der Waals surface area contributed by atoms with Gasteiger partial charge < -0.3 is 9.80 Å². The standard InChI is InChI=1S/C18H28N2O2/c1-19(2)17(21)14-10-5-4-6-11-15-18(22)20(3)16-12-8-7-9-13-16/h7-9,12-13H,4-6,10-11,14-15H2,1-3H3. The Morgan fingerprint density at radius 3 is 1.82 bits per heavy atom. The lowest BCUT2D eigenvalue weighted by atomic mass is 10.1. The van der Waals surface area contributed by atoms with E-state index in [0.717, 1.165) is 37.8 Å². The van der Waals surface area contributed by atoms with Gasteiger partial charge in [0.2, 0.25) is 11.8 Å². The summed E-state index contributed by atoms with van der Waals surface area (Å²) in [6.07, 6.45) is 6.26. The van der Waals surface area contributed by atoms with Gasteiger partial charge in [-0.3, -0.25) is 9.59 Å². The summed E-state index contributed by atoms with van der Waals surface area (Å²) >= 11 is 0. The summed E-state index contributed by atoms with van der Waals surface area (Å²) in [6, 6.07) is 9.71. The van der Waals surface area contributed by atoms with Crippen molar-refractivity contribution in [2.24, 2.45) is 0 Å². The summed E-state index contributed by atoms with van der Waals surface area (Å²) in [5.74, 6) is 0.355. The van der Waals surface area contributed by atoms with Gasteiger partial charge in [0.05, 0.1) is 0 Å². The predicted octanol–water partition coefficient (Wildman–Crippen LogP) is 3.47. The lowest BCUT2D eigenvalue weighted by Crippen LogP contribution is -2.25. The molecule has 0 bridgehead atoms. The van der Waals surface area contributed by atoms with Crippen molar-refractivity contribution >= 4 is 17.5 Å². The molecule has 0 fully saturated rings. The van der Waals surface area contributed by atoms with Crippen LogP contribution < -0.4 is 4.90 Å². The van der Waals surface area contributed by atoms with Gasteiger partial charge in [0, 0.05) is 39.7 Å². The molecular weight excluding hydrogens is 276 g/mol. The van der Waals surface area contributed by atoms with Crippen LogP contribution in [0.2, 0.25) is 0 Å². The fourth-order valence-electron chi connectivity index (χ4n) is 2.27. The Morgan fingerprint density at radius 2 is 1.27 bits per heavy atom. The van der Waals surface area contributed by atoms with Crippen LogP contribution in [0.25, 0.3) is 0 Å². The van der Waals surface area contributed by atoms with E-state index >= 15 is 0 Å². The summed E-state index contributed by atoms with van der Waals surface area (Å²) in [4.78, 5) is 26.8. The molecule has 1 aromatic carbocycles. The third-order valence-electron chi connectivity index (χ3n) is 3.80. The van der Waals surface area contributed by atoms with Crippen LogP contribution in [0.15, 0.2) is 30.3 Å². The van der Waals surface area contributed by atoms with Crippen molar-refractivity contribution in [3.63, 3.8) is 0 Å². The summed E-state index contributed by atoms with van der Waals surface area (Å²) in [6.45, 7) is 0. The Kier molecular flexibility index (Phi) is 8.26. The number of carbonyl (C=O) groups excluding carboxylic acids is 2. The molecule has 0 atom stereocenters. The highest BCUT2D eigenvalue weighted by Gasteiger charge is 2.09. The summed E-state index contributed by atoms with van der Waals surface area (Å²) in [5.41, 5.74) is 0.940. The first-order chi connectivity index (χ1) is 10.5. The molecule has 1 rings (SSSR count). The number of carbonyl (C=O) groups is 2. The minimum absolute atomic E-state index is 0.161. The number of hydrogen-bond acceptors (Lipinski definition) is 2. The highest BCUT2D eigenvalue weighted by Crippen LogP contribution is 2.14. The van der Waals surface area contributed by atoms with E-state index in [4.69, 9.17) is 0 Å². The van der Waals surface area contributed by atoms with Crippen molar-refractivity contribution in [3.8, 4) is 0 Å². The van der Waals surface area contributed by atoms with Crippen LogP contribution in [0, 0.1) is 0 Å². The lowest BCUT2D eigenvalue weighted by molar-refractivity contribution is -0.128. The SMILES string of the molecule is CN(C)C(=O)CCCCCCCC(=O)N(C)c1ccccc1. The second kappa shape index (κ2) is 9.98. The molecule has 4 heteroatoms. The zero-order chi connectivity index (χ0) is 16.4. The molecule has 0 aliphatic carbocycles. The maximum atomic E-state index is 12.1. The zero-order valence-corrected chi connectivity index (χ0v) is 14.0. The molecule has 0 saturated heterocycles. The maximum absolute atomic E-state index is 12.1. The van der Waals surface area contributed by atoms with E-state index in [2.05, 4.69) is 0 Å². The predicted molar refractivity (Wildman–Crippen MR) is 90.9 cm³/mol. The van der Waals surface area contributed by atoms with E-state index in [1.165, 1.54) is 0 Å². The molecule has 0 radical (unpaired) electrons. The van der Waals surface area contributed by atoms with E-state index < -0.39 is 0 Å². The highest BCUT2D eigenvalue weighted by molar-refractivity contribution is 5.92. The summed E-state index contributed by atoms with van der Waals surface area (Å²) in [5, 5.41) is 0. The molecule has 22 heavy (non-hydrogen) atoms. The molecule has 4 nitrogen and oxygen atoms in total. The van der Waals surface area contributed by atoms with Crippen LogP contribution in [0.4, 0.5) is 5.69 Å².